The van der Waals surface area contributed by atoms with Gasteiger partial charge in [-0.2, -0.15) is 13.2 Å². The van der Waals surface area contributed by atoms with E-state index in [0.717, 1.165) is 11.5 Å². The summed E-state index contributed by atoms with van der Waals surface area (Å²) in [5, 5.41) is 3.43. The van der Waals surface area contributed by atoms with Crippen LogP contribution in [0.3, 0.4) is 0 Å². The number of hydrogen-bond donors (Lipinski definition) is 1. The zero-order chi connectivity index (χ0) is 20.4. The first-order valence-corrected chi connectivity index (χ1v) is 9.71. The predicted octanol–water partition coefficient (Wildman–Crippen LogP) is 2.85. The number of aromatic nitrogens is 2. The van der Waals surface area contributed by atoms with Crippen LogP contribution in [-0.2, 0) is 16.0 Å². The van der Waals surface area contributed by atoms with Crippen molar-refractivity contribution in [1.29, 1.82) is 0 Å². The van der Waals surface area contributed by atoms with Crippen LogP contribution in [0.5, 0.6) is 0 Å². The number of nitrogens with zero attached hydrogens (tertiary/aromatic N) is 2. The molecular formula is C18H14F3N3O3S. The summed E-state index contributed by atoms with van der Waals surface area (Å²) in [6, 6.07) is 8.55. The Bertz CT molecular complexity index is 1110. The number of hydrogen-bond acceptors (Lipinski definition) is 5. The SMILES string of the molecule is O=C(NCCS(=O)(=O)c1ccc(C(F)(F)F)cn1)c1cncc2ccccc12. The molecule has 2 heterocycles. The molecule has 6 nitrogen and oxygen atoms in total. The Kier molecular flexibility index (Phi) is 5.32. The lowest BCUT2D eigenvalue weighted by Gasteiger charge is -2.09. The lowest BCUT2D eigenvalue weighted by Crippen LogP contribution is -2.29. The first-order chi connectivity index (χ1) is 13.2. The molecule has 1 amide bonds. The molecule has 146 valence electrons. The predicted molar refractivity (Wildman–Crippen MR) is 95.4 cm³/mol. The molecule has 1 N–H and O–H groups in total. The van der Waals surface area contributed by atoms with Crippen molar-refractivity contribution in [1.82, 2.24) is 15.3 Å². The van der Waals surface area contributed by atoms with Crippen LogP contribution in [0.1, 0.15) is 15.9 Å². The van der Waals surface area contributed by atoms with Crippen LogP contribution in [-0.4, -0.2) is 36.6 Å². The van der Waals surface area contributed by atoms with E-state index in [0.29, 0.717) is 23.2 Å². The number of benzene rings is 1. The van der Waals surface area contributed by atoms with Crippen LogP contribution in [0.25, 0.3) is 10.8 Å². The fourth-order valence-corrected chi connectivity index (χ4v) is 3.60. The minimum absolute atomic E-state index is 0.229. The fourth-order valence-electron chi connectivity index (χ4n) is 2.53. The van der Waals surface area contributed by atoms with Crippen molar-refractivity contribution in [2.24, 2.45) is 0 Å². The standard InChI is InChI=1S/C18H14F3N3O3S/c19-18(20,21)13-5-6-16(24-10-13)28(26,27)8-7-23-17(25)15-11-22-9-12-3-1-2-4-14(12)15/h1-6,9-11H,7-8H2,(H,23,25). The summed E-state index contributed by atoms with van der Waals surface area (Å²) in [6.07, 6.45) is -1.15. The molecule has 0 fully saturated rings. The maximum atomic E-state index is 12.5. The summed E-state index contributed by atoms with van der Waals surface area (Å²) in [4.78, 5) is 19.7. The van der Waals surface area contributed by atoms with Gasteiger partial charge in [0, 0.05) is 30.5 Å². The second-order valence-electron chi connectivity index (χ2n) is 5.87. The molecule has 0 saturated carbocycles. The minimum atomic E-state index is -4.60. The Balaban J connectivity index is 1.67. The fraction of sp³-hybridized carbons (Fsp3) is 0.167. The molecule has 1 aromatic carbocycles. The van der Waals surface area contributed by atoms with Gasteiger partial charge in [0.2, 0.25) is 0 Å². The molecule has 2 aromatic heterocycles. The van der Waals surface area contributed by atoms with Gasteiger partial charge in [-0.25, -0.2) is 13.4 Å². The van der Waals surface area contributed by atoms with Gasteiger partial charge >= 0.3 is 6.18 Å². The van der Waals surface area contributed by atoms with Crippen LogP contribution >= 0.6 is 0 Å². The highest BCUT2D eigenvalue weighted by atomic mass is 32.2. The molecule has 3 aromatic rings. The number of halogens is 3. The maximum absolute atomic E-state index is 12.5. The van der Waals surface area contributed by atoms with Gasteiger partial charge in [0.25, 0.3) is 5.91 Å². The average Bonchev–Trinajstić information content (AvgIpc) is 2.66. The van der Waals surface area contributed by atoms with E-state index in [1.165, 1.54) is 6.20 Å². The lowest BCUT2D eigenvalue weighted by atomic mass is 10.1. The number of rotatable bonds is 5. The molecule has 0 bridgehead atoms. The van der Waals surface area contributed by atoms with Crippen molar-refractivity contribution in [2.75, 3.05) is 12.3 Å². The largest absolute Gasteiger partial charge is 0.417 e. The molecule has 0 radical (unpaired) electrons. The molecular weight excluding hydrogens is 395 g/mol. The first kappa shape index (κ1) is 19.7. The Labute approximate surface area is 158 Å². The summed E-state index contributed by atoms with van der Waals surface area (Å²) < 4.78 is 62.0. The molecule has 0 saturated heterocycles. The van der Waals surface area contributed by atoms with Crippen LogP contribution in [0.4, 0.5) is 13.2 Å². The number of pyridine rings is 2. The van der Waals surface area contributed by atoms with Crippen molar-refractivity contribution >= 4 is 26.5 Å². The van der Waals surface area contributed by atoms with Gasteiger partial charge < -0.3 is 5.32 Å². The summed E-state index contributed by atoms with van der Waals surface area (Å²) >= 11 is 0. The Hall–Kier alpha value is -3.01. The van der Waals surface area contributed by atoms with E-state index in [1.54, 1.807) is 30.5 Å². The molecule has 0 unspecified atom stereocenters. The summed E-state index contributed by atoms with van der Waals surface area (Å²) in [5.74, 6) is -1.00. The van der Waals surface area contributed by atoms with Crippen LogP contribution in [0.15, 0.2) is 60.0 Å². The molecule has 0 aliphatic rings. The van der Waals surface area contributed by atoms with E-state index < -0.39 is 38.3 Å². The molecule has 0 spiro atoms. The number of alkyl halides is 3. The van der Waals surface area contributed by atoms with Crippen LogP contribution in [0.2, 0.25) is 0 Å². The van der Waals surface area contributed by atoms with Gasteiger partial charge in [-0.3, -0.25) is 9.78 Å². The Morgan fingerprint density at radius 1 is 1.04 bits per heavy atom. The van der Waals surface area contributed by atoms with Gasteiger partial charge in [-0.15, -0.1) is 0 Å². The highest BCUT2D eigenvalue weighted by molar-refractivity contribution is 7.91. The van der Waals surface area contributed by atoms with Crippen molar-refractivity contribution in [3.8, 4) is 0 Å². The van der Waals surface area contributed by atoms with Crippen molar-refractivity contribution in [3.05, 3.63) is 66.1 Å². The zero-order valence-corrected chi connectivity index (χ0v) is 15.1. The van der Waals surface area contributed by atoms with E-state index in [-0.39, 0.29) is 6.54 Å². The van der Waals surface area contributed by atoms with Crippen LogP contribution < -0.4 is 5.32 Å². The first-order valence-electron chi connectivity index (χ1n) is 8.05. The third-order valence-electron chi connectivity index (χ3n) is 3.95. The van der Waals surface area contributed by atoms with Gasteiger partial charge in [0.1, 0.15) is 0 Å². The van der Waals surface area contributed by atoms with E-state index in [9.17, 15) is 26.4 Å². The summed E-state index contributed by atoms with van der Waals surface area (Å²) in [5.41, 5.74) is -0.744. The summed E-state index contributed by atoms with van der Waals surface area (Å²) in [6.45, 7) is -0.229. The lowest BCUT2D eigenvalue weighted by molar-refractivity contribution is -0.137. The smallest absolute Gasteiger partial charge is 0.351 e. The van der Waals surface area contributed by atoms with Gasteiger partial charge in [-0.05, 0) is 17.5 Å². The number of carbonyl (C=O) groups is 1. The van der Waals surface area contributed by atoms with Crippen molar-refractivity contribution in [3.63, 3.8) is 0 Å². The van der Waals surface area contributed by atoms with Crippen molar-refractivity contribution < 1.29 is 26.4 Å². The summed E-state index contributed by atoms with van der Waals surface area (Å²) in [7, 11) is -3.95. The monoisotopic (exact) mass is 409 g/mol. The van der Waals surface area contributed by atoms with Gasteiger partial charge in [-0.1, -0.05) is 24.3 Å². The highest BCUT2D eigenvalue weighted by Crippen LogP contribution is 2.28. The van der Waals surface area contributed by atoms with Gasteiger partial charge in [0.05, 0.1) is 16.9 Å². The minimum Gasteiger partial charge on any atom is -0.351 e. The topological polar surface area (TPSA) is 89.0 Å². The van der Waals surface area contributed by atoms with E-state index >= 15 is 0 Å². The molecule has 3 rings (SSSR count). The zero-order valence-electron chi connectivity index (χ0n) is 14.3. The Morgan fingerprint density at radius 2 is 1.79 bits per heavy atom. The number of fused-ring (bicyclic) bond motifs is 1. The van der Waals surface area contributed by atoms with Crippen LogP contribution in [0, 0.1) is 0 Å². The maximum Gasteiger partial charge on any atom is 0.417 e. The Morgan fingerprint density at radius 3 is 2.46 bits per heavy atom. The molecule has 28 heavy (non-hydrogen) atoms. The molecule has 0 aliphatic heterocycles. The quantitative estimate of drug-likeness (QED) is 0.700. The number of amides is 1. The second kappa shape index (κ2) is 7.55. The van der Waals surface area contributed by atoms with E-state index in [4.69, 9.17) is 0 Å². The van der Waals surface area contributed by atoms with Crippen molar-refractivity contribution in [2.45, 2.75) is 11.2 Å². The third kappa shape index (κ3) is 4.28. The second-order valence-corrected chi connectivity index (χ2v) is 7.92. The number of sulfone groups is 1. The highest BCUT2D eigenvalue weighted by Gasteiger charge is 2.31. The molecule has 0 aliphatic carbocycles. The normalized spacial score (nSPS) is 12.1. The third-order valence-corrected chi connectivity index (χ3v) is 5.57. The van der Waals surface area contributed by atoms with E-state index in [2.05, 4.69) is 15.3 Å². The molecule has 0 atom stereocenters. The average molecular weight is 409 g/mol. The molecule has 10 heteroatoms. The number of nitrogens with one attached hydrogen (secondary N) is 1. The van der Waals surface area contributed by atoms with Gasteiger partial charge in [0.15, 0.2) is 14.9 Å². The van der Waals surface area contributed by atoms with E-state index in [1.807, 2.05) is 0 Å². The number of carbonyl (C=O) groups excluding carboxylic acids is 1.